The molecule has 1 aliphatic heterocycles. The number of aryl methyl sites for hydroxylation is 3. The number of hydrogen-bond donors (Lipinski definition) is 2. The molecule has 3 aliphatic rings. The smallest absolute Gasteiger partial charge is 0.325 e. The second-order valence-electron chi connectivity index (χ2n) is 9.37. The molecule has 2 unspecified atom stereocenters. The van der Waals surface area contributed by atoms with Gasteiger partial charge in [0.2, 0.25) is 5.91 Å². The van der Waals surface area contributed by atoms with E-state index in [0.29, 0.717) is 12.8 Å². The van der Waals surface area contributed by atoms with Gasteiger partial charge in [-0.3, -0.25) is 14.5 Å². The summed E-state index contributed by atoms with van der Waals surface area (Å²) < 4.78 is 0. The van der Waals surface area contributed by atoms with Gasteiger partial charge in [0.1, 0.15) is 12.1 Å². The Bertz CT molecular complexity index is 1100. The van der Waals surface area contributed by atoms with Crippen LogP contribution in [0.2, 0.25) is 0 Å². The van der Waals surface area contributed by atoms with Gasteiger partial charge < -0.3 is 10.6 Å². The van der Waals surface area contributed by atoms with Crippen LogP contribution in [0.4, 0.5) is 4.79 Å². The Balaban J connectivity index is 1.25. The van der Waals surface area contributed by atoms with Gasteiger partial charge in [0, 0.05) is 6.42 Å². The van der Waals surface area contributed by atoms with E-state index in [9.17, 15) is 14.4 Å². The first-order valence-corrected chi connectivity index (χ1v) is 11.6. The molecule has 4 amide bonds. The molecule has 0 radical (unpaired) electrons. The molecule has 2 aromatic carbocycles. The maximum absolute atomic E-state index is 13.2. The van der Waals surface area contributed by atoms with Crippen molar-refractivity contribution >= 4 is 17.8 Å². The topological polar surface area (TPSA) is 78.5 Å². The van der Waals surface area contributed by atoms with E-state index in [4.69, 9.17) is 0 Å². The average Bonchev–Trinajstić information content (AvgIpc) is 3.02. The lowest BCUT2D eigenvalue weighted by Crippen LogP contribution is -2.51. The van der Waals surface area contributed by atoms with Gasteiger partial charge >= 0.3 is 6.03 Å². The minimum atomic E-state index is -0.935. The Labute approximate surface area is 188 Å². The number of fused-ring (bicyclic) bond motifs is 2. The van der Waals surface area contributed by atoms with E-state index in [1.807, 2.05) is 25.1 Å². The predicted octanol–water partition coefficient (Wildman–Crippen LogP) is 3.22. The van der Waals surface area contributed by atoms with Gasteiger partial charge in [-0.15, -0.1) is 0 Å². The fourth-order valence-electron chi connectivity index (χ4n) is 5.38. The van der Waals surface area contributed by atoms with Crippen LogP contribution in [0.3, 0.4) is 0 Å². The van der Waals surface area contributed by atoms with Crippen LogP contribution in [0.5, 0.6) is 0 Å². The Kier molecular flexibility index (Phi) is 5.24. The summed E-state index contributed by atoms with van der Waals surface area (Å²) in [6, 6.07) is 13.8. The summed E-state index contributed by atoms with van der Waals surface area (Å²) in [7, 11) is 0. The van der Waals surface area contributed by atoms with Gasteiger partial charge in [-0.25, -0.2) is 4.79 Å². The SMILES string of the molecule is CC(NC(=O)CN1C(=O)NC2(CCc3ccccc3C2)C1=O)c1ccc2c(c1)CCCC2. The molecule has 6 nitrogen and oxygen atoms in total. The second kappa shape index (κ2) is 8.08. The third-order valence-corrected chi connectivity index (χ3v) is 7.23. The molecule has 2 aliphatic carbocycles. The van der Waals surface area contributed by atoms with E-state index in [1.165, 1.54) is 29.5 Å². The summed E-state index contributed by atoms with van der Waals surface area (Å²) in [4.78, 5) is 39.7. The predicted molar refractivity (Wildman–Crippen MR) is 121 cm³/mol. The van der Waals surface area contributed by atoms with Crippen LogP contribution in [0, 0.1) is 0 Å². The maximum atomic E-state index is 13.2. The van der Waals surface area contributed by atoms with E-state index >= 15 is 0 Å². The summed E-state index contributed by atoms with van der Waals surface area (Å²) in [5.41, 5.74) is 5.18. The number of hydrogen-bond acceptors (Lipinski definition) is 3. The van der Waals surface area contributed by atoms with Crippen molar-refractivity contribution in [3.8, 4) is 0 Å². The van der Waals surface area contributed by atoms with E-state index in [0.717, 1.165) is 35.3 Å². The molecule has 32 heavy (non-hydrogen) atoms. The van der Waals surface area contributed by atoms with E-state index < -0.39 is 11.6 Å². The third-order valence-electron chi connectivity index (χ3n) is 7.23. The third kappa shape index (κ3) is 3.68. The molecule has 0 bridgehead atoms. The van der Waals surface area contributed by atoms with Crippen LogP contribution in [-0.4, -0.2) is 34.8 Å². The zero-order chi connectivity index (χ0) is 22.3. The van der Waals surface area contributed by atoms with Crippen LogP contribution in [-0.2, 0) is 35.3 Å². The quantitative estimate of drug-likeness (QED) is 0.730. The minimum absolute atomic E-state index is 0.189. The monoisotopic (exact) mass is 431 g/mol. The Hall–Kier alpha value is -3.15. The zero-order valence-corrected chi connectivity index (χ0v) is 18.4. The molecule has 2 aromatic rings. The normalized spacial score (nSPS) is 22.8. The number of urea groups is 1. The van der Waals surface area contributed by atoms with Crippen molar-refractivity contribution in [2.75, 3.05) is 6.54 Å². The first kappa shape index (κ1) is 20.7. The highest BCUT2D eigenvalue weighted by Gasteiger charge is 2.52. The number of benzene rings is 2. The molecule has 1 fully saturated rings. The van der Waals surface area contributed by atoms with Gasteiger partial charge in [0.25, 0.3) is 5.91 Å². The highest BCUT2D eigenvalue weighted by Crippen LogP contribution is 2.33. The molecule has 6 heteroatoms. The molecule has 1 heterocycles. The number of carbonyl (C=O) groups excluding carboxylic acids is 3. The van der Waals surface area contributed by atoms with Crippen molar-refractivity contribution in [1.29, 1.82) is 0 Å². The fraction of sp³-hybridized carbons (Fsp3) is 0.423. The molecule has 1 saturated heterocycles. The van der Waals surface area contributed by atoms with Crippen LogP contribution in [0.1, 0.15) is 60.0 Å². The lowest BCUT2D eigenvalue weighted by molar-refractivity contribution is -0.135. The molecule has 1 spiro atoms. The first-order valence-electron chi connectivity index (χ1n) is 11.6. The number of rotatable bonds is 4. The highest BCUT2D eigenvalue weighted by molar-refractivity contribution is 6.09. The molecular weight excluding hydrogens is 402 g/mol. The minimum Gasteiger partial charge on any atom is -0.348 e. The van der Waals surface area contributed by atoms with Crippen LogP contribution >= 0.6 is 0 Å². The second-order valence-corrected chi connectivity index (χ2v) is 9.37. The molecule has 0 saturated carbocycles. The van der Waals surface area contributed by atoms with Crippen molar-refractivity contribution in [3.05, 3.63) is 70.3 Å². The zero-order valence-electron chi connectivity index (χ0n) is 18.4. The Morgan fingerprint density at radius 3 is 2.56 bits per heavy atom. The van der Waals surface area contributed by atoms with Crippen molar-refractivity contribution < 1.29 is 14.4 Å². The van der Waals surface area contributed by atoms with Gasteiger partial charge in [0.05, 0.1) is 6.04 Å². The molecule has 0 aromatic heterocycles. The van der Waals surface area contributed by atoms with Gasteiger partial charge in [-0.2, -0.15) is 0 Å². The molecule has 2 N–H and O–H groups in total. The van der Waals surface area contributed by atoms with E-state index in [1.54, 1.807) is 0 Å². The van der Waals surface area contributed by atoms with Crippen LogP contribution in [0.25, 0.3) is 0 Å². The number of nitrogens with zero attached hydrogens (tertiary/aromatic N) is 1. The summed E-state index contributed by atoms with van der Waals surface area (Å²) in [6.07, 6.45) is 6.40. The number of amides is 4. The summed E-state index contributed by atoms with van der Waals surface area (Å²) in [6.45, 7) is 1.68. The van der Waals surface area contributed by atoms with Gasteiger partial charge in [0.15, 0.2) is 0 Å². The lowest BCUT2D eigenvalue weighted by Gasteiger charge is -2.32. The van der Waals surface area contributed by atoms with Crippen molar-refractivity contribution in [2.45, 2.75) is 63.5 Å². The maximum Gasteiger partial charge on any atom is 0.325 e. The van der Waals surface area contributed by atoms with Crippen molar-refractivity contribution in [1.82, 2.24) is 15.5 Å². The summed E-state index contributed by atoms with van der Waals surface area (Å²) in [5, 5.41) is 5.86. The Morgan fingerprint density at radius 2 is 1.75 bits per heavy atom. The van der Waals surface area contributed by atoms with Crippen LogP contribution < -0.4 is 10.6 Å². The standard InChI is InChI=1S/C26H29N3O3/c1-17(20-11-10-18-6-2-4-8-21(18)14-20)27-23(30)16-29-24(31)26(28-25(29)32)13-12-19-7-3-5-9-22(19)15-26/h3,5,7,9-11,14,17H,2,4,6,8,12-13,15-16H2,1H3,(H,27,30)(H,28,32). The summed E-state index contributed by atoms with van der Waals surface area (Å²) >= 11 is 0. The van der Waals surface area contributed by atoms with Crippen molar-refractivity contribution in [3.63, 3.8) is 0 Å². The van der Waals surface area contributed by atoms with E-state index in [-0.39, 0.29) is 24.4 Å². The van der Waals surface area contributed by atoms with Gasteiger partial charge in [-0.05, 0) is 73.3 Å². The highest BCUT2D eigenvalue weighted by atomic mass is 16.2. The first-order chi connectivity index (χ1) is 15.4. The number of carbonyl (C=O) groups is 3. The Morgan fingerprint density at radius 1 is 1.03 bits per heavy atom. The van der Waals surface area contributed by atoms with Crippen LogP contribution in [0.15, 0.2) is 42.5 Å². The molecule has 2 atom stereocenters. The number of nitrogens with one attached hydrogen (secondary N) is 2. The molecule has 166 valence electrons. The molecular formula is C26H29N3O3. The average molecular weight is 432 g/mol. The van der Waals surface area contributed by atoms with E-state index in [2.05, 4.69) is 34.9 Å². The lowest BCUT2D eigenvalue weighted by atomic mass is 9.78. The van der Waals surface area contributed by atoms with Crippen molar-refractivity contribution in [2.24, 2.45) is 0 Å². The van der Waals surface area contributed by atoms with Gasteiger partial charge in [-0.1, -0.05) is 42.5 Å². The largest absolute Gasteiger partial charge is 0.348 e. The molecule has 5 rings (SSSR count). The summed E-state index contributed by atoms with van der Waals surface area (Å²) in [5.74, 6) is -0.624. The fourth-order valence-corrected chi connectivity index (χ4v) is 5.38. The number of imide groups is 1.